The fraction of sp³-hybridized carbons (Fsp3) is 1.00. The molecule has 80 valence electrons. The molecule has 0 unspecified atom stereocenters. The first-order chi connectivity index (χ1) is 5.90. The first-order valence-corrected chi connectivity index (χ1v) is 4.85. The minimum absolute atomic E-state index is 0. The Morgan fingerprint density at radius 2 is 1.87 bits per heavy atom. The minimum atomic E-state index is -5.17. The summed E-state index contributed by atoms with van der Waals surface area (Å²) in [6.45, 7) is -1.01. The van der Waals surface area contributed by atoms with Crippen LogP contribution in [0.25, 0.3) is 0 Å². The average molecular weight is 260 g/mol. The van der Waals surface area contributed by atoms with E-state index < -0.39 is 26.6 Å². The maximum atomic E-state index is 10.1. The smallest absolute Gasteiger partial charge is 0.790 e. The molecule has 0 bridgehead atoms. The first kappa shape index (κ1) is 22.2. The van der Waals surface area contributed by atoms with E-state index in [9.17, 15) is 14.4 Å². The van der Waals surface area contributed by atoms with E-state index in [1.54, 1.807) is 0 Å². The van der Waals surface area contributed by atoms with Gasteiger partial charge < -0.3 is 33.8 Å². The molecule has 0 amide bonds. The number of phosphoric acid groups is 1. The Morgan fingerprint density at radius 1 is 1.40 bits per heavy atom. The number of rotatable bonds is 6. The van der Waals surface area contributed by atoms with Crippen molar-refractivity contribution in [3.63, 3.8) is 0 Å². The van der Waals surface area contributed by atoms with E-state index in [0.29, 0.717) is 0 Å². The fourth-order valence-corrected chi connectivity index (χ4v) is 1.19. The zero-order chi connectivity index (χ0) is 10.5. The SMILES string of the molecule is COC[C@H](OP(=O)([O-])[O-])[C@H](O)CO.[Na+].[Na+]. The Kier molecular flexibility index (Phi) is 16.4. The van der Waals surface area contributed by atoms with Gasteiger partial charge in [0.05, 0.1) is 21.0 Å². The van der Waals surface area contributed by atoms with Crippen molar-refractivity contribution >= 4 is 7.82 Å². The van der Waals surface area contributed by atoms with Gasteiger partial charge in [0, 0.05) is 7.11 Å². The summed E-state index contributed by atoms with van der Waals surface area (Å²) < 4.78 is 18.6. The fourth-order valence-electron chi connectivity index (χ4n) is 0.659. The van der Waals surface area contributed by atoms with Crippen molar-refractivity contribution in [2.75, 3.05) is 20.3 Å². The molecular formula is C5H11Na2O7P. The van der Waals surface area contributed by atoms with Gasteiger partial charge in [0.2, 0.25) is 0 Å². The summed E-state index contributed by atoms with van der Waals surface area (Å²) >= 11 is 0. The first-order valence-electron chi connectivity index (χ1n) is 3.39. The summed E-state index contributed by atoms with van der Waals surface area (Å²) in [5.41, 5.74) is 0. The van der Waals surface area contributed by atoms with Crippen LogP contribution in [-0.2, 0) is 13.8 Å². The molecule has 10 heteroatoms. The van der Waals surface area contributed by atoms with Crippen LogP contribution in [0.4, 0.5) is 0 Å². The normalized spacial score (nSPS) is 14.7. The molecule has 0 saturated carbocycles. The Labute approximate surface area is 132 Å². The monoisotopic (exact) mass is 260 g/mol. The number of hydrogen-bond acceptors (Lipinski definition) is 7. The van der Waals surface area contributed by atoms with Crippen LogP contribution in [0.3, 0.4) is 0 Å². The maximum Gasteiger partial charge on any atom is 1.00 e. The van der Waals surface area contributed by atoms with Gasteiger partial charge in [0.15, 0.2) is 0 Å². The molecule has 0 heterocycles. The van der Waals surface area contributed by atoms with Gasteiger partial charge in [0.1, 0.15) is 12.2 Å². The van der Waals surface area contributed by atoms with E-state index in [1.165, 1.54) is 7.11 Å². The standard InChI is InChI=1S/C5H13O7P.2Na/c1-11-3-5(4(7)2-6)12-13(8,9)10;;/h4-7H,2-3H2,1H3,(H2,8,9,10);;/q;2*+1/p-2/t4-,5+;;/m1../s1. The van der Waals surface area contributed by atoms with Gasteiger partial charge in [0.25, 0.3) is 0 Å². The third-order valence-electron chi connectivity index (χ3n) is 1.21. The van der Waals surface area contributed by atoms with E-state index in [4.69, 9.17) is 10.2 Å². The summed E-state index contributed by atoms with van der Waals surface area (Å²) in [7, 11) is -3.93. The number of ether oxygens (including phenoxy) is 1. The van der Waals surface area contributed by atoms with E-state index in [1.807, 2.05) is 0 Å². The molecule has 0 aromatic heterocycles. The largest absolute Gasteiger partial charge is 1.00 e. The summed E-state index contributed by atoms with van der Waals surface area (Å²) in [4.78, 5) is 20.3. The Morgan fingerprint density at radius 3 is 2.13 bits per heavy atom. The molecule has 7 nitrogen and oxygen atoms in total. The molecule has 0 aromatic carbocycles. The molecule has 0 spiro atoms. The molecule has 0 fully saturated rings. The zero-order valence-electron chi connectivity index (χ0n) is 8.95. The Hall–Kier alpha value is 1.99. The average Bonchev–Trinajstić information content (AvgIpc) is 2.00. The van der Waals surface area contributed by atoms with Crippen LogP contribution in [0.5, 0.6) is 0 Å². The van der Waals surface area contributed by atoms with Crippen molar-refractivity contribution in [2.45, 2.75) is 12.2 Å². The van der Waals surface area contributed by atoms with Gasteiger partial charge in [-0.1, -0.05) is 0 Å². The van der Waals surface area contributed by atoms with Crippen LogP contribution in [0.1, 0.15) is 0 Å². The molecule has 0 aliphatic heterocycles. The van der Waals surface area contributed by atoms with Crippen molar-refractivity contribution in [1.82, 2.24) is 0 Å². The molecule has 2 atom stereocenters. The molecule has 0 aromatic rings. The molecular weight excluding hydrogens is 249 g/mol. The van der Waals surface area contributed by atoms with Crippen LogP contribution in [-0.4, -0.2) is 42.7 Å². The van der Waals surface area contributed by atoms with Gasteiger partial charge in [-0.05, 0) is 0 Å². The Balaban J connectivity index is -0.000000720. The molecule has 0 aliphatic carbocycles. The molecule has 2 N–H and O–H groups in total. The third-order valence-corrected chi connectivity index (χ3v) is 1.74. The van der Waals surface area contributed by atoms with Gasteiger partial charge in [-0.15, -0.1) is 0 Å². The topological polar surface area (TPSA) is 122 Å². The maximum absolute atomic E-state index is 10.1. The van der Waals surface area contributed by atoms with Crippen molar-refractivity contribution in [2.24, 2.45) is 0 Å². The van der Waals surface area contributed by atoms with Crippen molar-refractivity contribution in [1.29, 1.82) is 0 Å². The van der Waals surface area contributed by atoms with Gasteiger partial charge in [-0.3, -0.25) is 0 Å². The second kappa shape index (κ2) is 11.1. The predicted octanol–water partition coefficient (Wildman–Crippen LogP) is -8.79. The molecule has 0 aliphatic rings. The second-order valence-electron chi connectivity index (χ2n) is 2.30. The third kappa shape index (κ3) is 12.2. The van der Waals surface area contributed by atoms with E-state index in [2.05, 4.69) is 9.26 Å². The van der Waals surface area contributed by atoms with E-state index in [0.717, 1.165) is 0 Å². The van der Waals surface area contributed by atoms with Crippen molar-refractivity contribution in [3.05, 3.63) is 0 Å². The number of phosphoric ester groups is 1. The summed E-state index contributed by atoms with van der Waals surface area (Å²) in [6, 6.07) is 0. The van der Waals surface area contributed by atoms with Crippen LogP contribution in [0, 0.1) is 0 Å². The second-order valence-corrected chi connectivity index (χ2v) is 3.40. The van der Waals surface area contributed by atoms with Crippen LogP contribution in [0.2, 0.25) is 0 Å². The van der Waals surface area contributed by atoms with Crippen LogP contribution < -0.4 is 68.9 Å². The molecule has 0 saturated heterocycles. The summed E-state index contributed by atoms with van der Waals surface area (Å²) in [5, 5.41) is 17.4. The summed E-state index contributed by atoms with van der Waals surface area (Å²) in [6.07, 6.45) is -2.83. The van der Waals surface area contributed by atoms with E-state index in [-0.39, 0.29) is 65.7 Å². The quantitative estimate of drug-likeness (QED) is 0.359. The predicted molar refractivity (Wildman–Crippen MR) is 37.4 cm³/mol. The molecule has 15 heavy (non-hydrogen) atoms. The van der Waals surface area contributed by atoms with Gasteiger partial charge in [-0.25, -0.2) is 0 Å². The van der Waals surface area contributed by atoms with Crippen LogP contribution in [0.15, 0.2) is 0 Å². The summed E-state index contributed by atoms with van der Waals surface area (Å²) in [5.74, 6) is 0. The van der Waals surface area contributed by atoms with Crippen LogP contribution >= 0.6 is 7.82 Å². The van der Waals surface area contributed by atoms with Gasteiger partial charge >= 0.3 is 59.1 Å². The minimum Gasteiger partial charge on any atom is -0.790 e. The number of hydrogen-bond donors (Lipinski definition) is 2. The van der Waals surface area contributed by atoms with Crippen molar-refractivity contribution in [3.8, 4) is 0 Å². The van der Waals surface area contributed by atoms with Gasteiger partial charge in [-0.2, -0.15) is 0 Å². The van der Waals surface area contributed by atoms with E-state index >= 15 is 0 Å². The Bertz CT molecular complexity index is 186. The van der Waals surface area contributed by atoms with Crippen molar-refractivity contribution < 1.29 is 92.9 Å². The number of methoxy groups -OCH3 is 1. The number of aliphatic hydroxyl groups excluding tert-OH is 2. The zero-order valence-corrected chi connectivity index (χ0v) is 13.8. The molecule has 0 radical (unpaired) electrons. The molecule has 0 rings (SSSR count). The number of aliphatic hydroxyl groups is 2.